The van der Waals surface area contributed by atoms with Gasteiger partial charge in [-0.05, 0) is 18.2 Å². The lowest BCUT2D eigenvalue weighted by molar-refractivity contribution is -0.272. The number of aliphatic hydroxyl groups is 12. The van der Waals surface area contributed by atoms with Crippen LogP contribution in [0.1, 0.15) is 0 Å². The molecule has 1 aromatic rings. The van der Waals surface area contributed by atoms with E-state index >= 15 is 0 Å². The highest BCUT2D eigenvalue weighted by Crippen LogP contribution is 2.42. The number of hydrogen-bond acceptors (Lipinski definition) is 24. The Bertz CT molecular complexity index is 1580. The van der Waals surface area contributed by atoms with E-state index in [-0.39, 0.29) is 18.2 Å². The van der Waals surface area contributed by atoms with Gasteiger partial charge in [-0.3, -0.25) is 0 Å². The highest BCUT2D eigenvalue weighted by atomic mass is 32.2. The van der Waals surface area contributed by atoms with Crippen molar-refractivity contribution in [3.8, 4) is 0 Å². The van der Waals surface area contributed by atoms with Gasteiger partial charge in [0.15, 0.2) is 0 Å². The third-order valence-corrected chi connectivity index (χ3v) is 15.0. The van der Waals surface area contributed by atoms with Crippen molar-refractivity contribution in [2.45, 2.75) is 103 Å². The minimum Gasteiger partial charge on any atom is -0.394 e. The quantitative estimate of drug-likeness (QED) is 0.110. The monoisotopic (exact) mass is 801 g/mol. The van der Waals surface area contributed by atoms with Gasteiger partial charge in [-0.15, -0.1) is 0 Å². The molecule has 0 amide bonds. The normalized spacial score (nSPS) is 44.3. The summed E-state index contributed by atoms with van der Waals surface area (Å²) >= 11 is 0. The van der Waals surface area contributed by atoms with Crippen molar-refractivity contribution in [3.63, 3.8) is 0 Å². The summed E-state index contributed by atoms with van der Waals surface area (Å²) in [5.41, 5.74) is 17.0. The number of rotatable bonds is 9. The van der Waals surface area contributed by atoms with Crippen LogP contribution < -0.4 is 17.2 Å². The Morgan fingerprint density at radius 1 is 0.471 bits per heavy atom. The molecule has 3 heterocycles. The van der Waals surface area contributed by atoms with Crippen LogP contribution >= 0.6 is 0 Å². The molecule has 4 rings (SSSR count). The second-order valence-electron chi connectivity index (χ2n) is 12.1. The van der Waals surface area contributed by atoms with Gasteiger partial charge in [-0.2, -0.15) is 0 Å². The molecular formula is C24H39N3O21S3. The molecule has 0 bridgehead atoms. The lowest BCUT2D eigenvalue weighted by Gasteiger charge is -2.46. The number of ether oxygens (including phenoxy) is 3. The molecule has 15 atom stereocenters. The standard InChI is InChI=1S/C24H39N3O21S3/c25-19-16(34)13(31)10(4-28)46-22(19,37)49(40,41)7-1-8(50(42,43)23(38)20(26)17(35)14(32)11(5-29)47-23)3-9(2-7)51(44,45)24(39)21(27)18(36)15(33)12(6-30)48-24/h1-3,10-21,28-39H,4-6,25-27H2/t10-,11-,12-,13-,14-,15-,16+,17+,18+,19-,20-,21-,22?,23?,24?/m1/s1. The SMILES string of the molecule is N[C@@H]1[C@@H](O)[C@H](O)[C@@H](CO)OC1(O)S(=O)(=O)c1cc(S(=O)(=O)C2(O)O[C@H](CO)[C@@H](O)[C@H](O)[C@H]2N)cc(S(=O)(=O)C2(O)O[C@H](CO)[C@@H](O)[C@H](O)[C@H]2N)c1. The molecule has 3 fully saturated rings. The molecule has 51 heavy (non-hydrogen) atoms. The molecule has 0 aromatic heterocycles. The average Bonchev–Trinajstić information content (AvgIpc) is 3.09. The van der Waals surface area contributed by atoms with Gasteiger partial charge in [0.05, 0.1) is 34.5 Å². The van der Waals surface area contributed by atoms with Gasteiger partial charge >= 0.3 is 0 Å². The predicted molar refractivity (Wildman–Crippen MR) is 159 cm³/mol. The predicted octanol–water partition coefficient (Wildman–Crippen LogP) is -10.7. The van der Waals surface area contributed by atoms with Crippen molar-refractivity contribution in [1.29, 1.82) is 0 Å². The van der Waals surface area contributed by atoms with Crippen LogP contribution in [0.4, 0.5) is 0 Å². The van der Waals surface area contributed by atoms with Crippen molar-refractivity contribution in [3.05, 3.63) is 18.2 Å². The first-order chi connectivity index (χ1) is 23.3. The Hall–Kier alpha value is -1.65. The van der Waals surface area contributed by atoms with E-state index in [9.17, 15) is 86.5 Å². The summed E-state index contributed by atoms with van der Waals surface area (Å²) in [7, 11) is -17.8. The van der Waals surface area contributed by atoms with Crippen LogP contribution in [0.15, 0.2) is 32.9 Å². The van der Waals surface area contributed by atoms with Crippen molar-refractivity contribution in [2.24, 2.45) is 17.2 Å². The molecule has 3 unspecified atom stereocenters. The Balaban J connectivity index is 2.05. The van der Waals surface area contributed by atoms with Gasteiger partial charge in [0.2, 0.25) is 29.5 Å². The number of nitrogens with two attached hydrogens (primary N) is 3. The highest BCUT2D eigenvalue weighted by Gasteiger charge is 2.64. The van der Waals surface area contributed by atoms with Crippen LogP contribution in [-0.4, -0.2) is 195 Å². The Morgan fingerprint density at radius 2 is 0.667 bits per heavy atom. The molecule has 3 saturated heterocycles. The van der Waals surface area contributed by atoms with E-state index in [1.165, 1.54) is 0 Å². The van der Waals surface area contributed by atoms with E-state index in [2.05, 4.69) is 0 Å². The van der Waals surface area contributed by atoms with E-state index in [1.54, 1.807) is 0 Å². The van der Waals surface area contributed by atoms with Gasteiger partial charge in [-0.1, -0.05) is 0 Å². The lowest BCUT2D eigenvalue weighted by Crippen LogP contribution is -2.71. The van der Waals surface area contributed by atoms with Crippen molar-refractivity contribution in [2.75, 3.05) is 19.8 Å². The molecule has 3 aliphatic heterocycles. The Kier molecular flexibility index (Phi) is 11.5. The van der Waals surface area contributed by atoms with Gasteiger partial charge in [0.25, 0.3) is 15.4 Å². The van der Waals surface area contributed by atoms with Gasteiger partial charge in [0.1, 0.15) is 73.1 Å². The lowest BCUT2D eigenvalue weighted by atomic mass is 9.98. The van der Waals surface area contributed by atoms with E-state index in [1.807, 2.05) is 0 Å². The fourth-order valence-corrected chi connectivity index (χ4v) is 10.9. The molecular weight excluding hydrogens is 762 g/mol. The minimum atomic E-state index is -5.94. The molecule has 27 heteroatoms. The number of benzene rings is 1. The summed E-state index contributed by atoms with van der Waals surface area (Å²) in [5, 5.41) is 112. The molecule has 294 valence electrons. The summed E-state index contributed by atoms with van der Waals surface area (Å²) in [6, 6.07) is -7.52. The summed E-state index contributed by atoms with van der Waals surface area (Å²) in [5.74, 6) is 0. The largest absolute Gasteiger partial charge is 0.394 e. The first-order valence-corrected chi connectivity index (χ1v) is 19.0. The number of sulfone groups is 3. The first kappa shape index (κ1) is 42.1. The van der Waals surface area contributed by atoms with Crippen molar-refractivity contribution >= 4 is 29.5 Å². The minimum absolute atomic E-state index is 0.0450. The first-order valence-electron chi connectivity index (χ1n) is 14.5. The maximum Gasteiger partial charge on any atom is 0.294 e. The van der Waals surface area contributed by atoms with Gasteiger partial charge < -0.3 is 92.7 Å². The second kappa shape index (κ2) is 13.9. The smallest absolute Gasteiger partial charge is 0.294 e. The Morgan fingerprint density at radius 3 is 0.843 bits per heavy atom. The van der Waals surface area contributed by atoms with E-state index < -0.39 is 152 Å². The highest BCUT2D eigenvalue weighted by molar-refractivity contribution is 7.94. The summed E-state index contributed by atoms with van der Waals surface area (Å²) < 4.78 is 99.1. The molecule has 0 spiro atoms. The number of hydrogen-bond donors (Lipinski definition) is 15. The molecule has 24 nitrogen and oxygen atoms in total. The molecule has 0 aliphatic carbocycles. The van der Waals surface area contributed by atoms with Crippen molar-refractivity contribution in [1.82, 2.24) is 0 Å². The maximum atomic E-state index is 14.1. The van der Waals surface area contributed by atoms with E-state index in [0.29, 0.717) is 0 Å². The third-order valence-electron chi connectivity index (χ3n) is 9.00. The van der Waals surface area contributed by atoms with Gasteiger partial charge in [-0.25, -0.2) is 25.3 Å². The molecule has 0 radical (unpaired) electrons. The van der Waals surface area contributed by atoms with Crippen LogP contribution in [0.2, 0.25) is 0 Å². The molecule has 3 aliphatic rings. The topological polar surface area (TPSA) is 451 Å². The van der Waals surface area contributed by atoms with Crippen LogP contribution in [0.5, 0.6) is 0 Å². The van der Waals surface area contributed by atoms with Gasteiger partial charge in [0, 0.05) is 0 Å². The van der Waals surface area contributed by atoms with E-state index in [4.69, 9.17) is 31.4 Å². The second-order valence-corrected chi connectivity index (χ2v) is 18.3. The van der Waals surface area contributed by atoms with Crippen molar-refractivity contribution < 1.29 is 101 Å². The maximum absolute atomic E-state index is 14.1. The molecule has 18 N–H and O–H groups in total. The average molecular weight is 802 g/mol. The van der Waals surface area contributed by atoms with Crippen LogP contribution in [0, 0.1) is 0 Å². The van der Waals surface area contributed by atoms with E-state index in [0.717, 1.165) is 0 Å². The summed E-state index contributed by atoms with van der Waals surface area (Å²) in [4.78, 5) is -4.92. The fourth-order valence-electron chi connectivity index (χ4n) is 5.72. The summed E-state index contributed by atoms with van der Waals surface area (Å²) in [6.45, 7) is -3.79. The zero-order valence-electron chi connectivity index (χ0n) is 25.8. The third kappa shape index (κ3) is 6.11. The fraction of sp³-hybridized carbons (Fsp3) is 0.750. The molecule has 0 saturated carbocycles. The van der Waals surface area contributed by atoms with Crippen LogP contribution in [0.3, 0.4) is 0 Å². The number of aliphatic hydroxyl groups excluding tert-OH is 9. The zero-order valence-corrected chi connectivity index (χ0v) is 28.2. The zero-order chi connectivity index (χ0) is 39.0. The van der Waals surface area contributed by atoms with Crippen LogP contribution in [-0.2, 0) is 43.7 Å². The molecule has 1 aromatic carbocycles. The summed E-state index contributed by atoms with van der Waals surface area (Å²) in [6.07, 6.45) is -19.8. The Labute approximate surface area is 288 Å². The van der Waals surface area contributed by atoms with Crippen LogP contribution in [0.25, 0.3) is 0 Å².